The molecule has 1 heterocycles. The first-order chi connectivity index (χ1) is 6.77. The Labute approximate surface area is 82.3 Å². The number of benzene rings is 1. The highest BCUT2D eigenvalue weighted by atomic mass is 16.5. The lowest BCUT2D eigenvalue weighted by atomic mass is 9.97. The Morgan fingerprint density at radius 2 is 2.07 bits per heavy atom. The van der Waals surface area contributed by atoms with Crippen LogP contribution in [0.4, 0.5) is 0 Å². The number of carboxylic acids is 1. The smallest absolute Gasteiger partial charge is 0.335 e. The summed E-state index contributed by atoms with van der Waals surface area (Å²) in [5.74, 6) is -0.433. The van der Waals surface area contributed by atoms with Crippen molar-refractivity contribution in [2.45, 2.75) is 12.3 Å². The normalized spacial score (nSPS) is 21.0. The van der Waals surface area contributed by atoms with Gasteiger partial charge in [0.15, 0.2) is 0 Å². The van der Waals surface area contributed by atoms with Crippen LogP contribution in [0, 0.1) is 0 Å². The minimum atomic E-state index is -0.876. The molecule has 1 fully saturated rings. The van der Waals surface area contributed by atoms with Gasteiger partial charge in [0.05, 0.1) is 12.2 Å². The van der Waals surface area contributed by atoms with E-state index >= 15 is 0 Å². The first kappa shape index (κ1) is 9.21. The van der Waals surface area contributed by atoms with Gasteiger partial charge in [0.1, 0.15) is 0 Å². The van der Waals surface area contributed by atoms with Crippen LogP contribution in [-0.4, -0.2) is 24.3 Å². The number of rotatable bonds is 2. The van der Waals surface area contributed by atoms with Crippen molar-refractivity contribution in [2.24, 2.45) is 0 Å². The molecule has 0 radical (unpaired) electrons. The molecule has 14 heavy (non-hydrogen) atoms. The number of aromatic carboxylic acids is 1. The molecule has 74 valence electrons. The Hall–Kier alpha value is -1.35. The molecule has 1 N–H and O–H groups in total. The van der Waals surface area contributed by atoms with Crippen LogP contribution in [0.5, 0.6) is 0 Å². The van der Waals surface area contributed by atoms with Gasteiger partial charge in [-0.05, 0) is 24.1 Å². The van der Waals surface area contributed by atoms with Crippen LogP contribution in [0.2, 0.25) is 0 Å². The van der Waals surface area contributed by atoms with E-state index in [-0.39, 0.29) is 0 Å². The van der Waals surface area contributed by atoms with Gasteiger partial charge in [0, 0.05) is 12.5 Å². The van der Waals surface area contributed by atoms with Crippen molar-refractivity contribution in [1.29, 1.82) is 0 Å². The second kappa shape index (κ2) is 3.80. The van der Waals surface area contributed by atoms with Crippen LogP contribution in [0.15, 0.2) is 24.3 Å². The first-order valence-electron chi connectivity index (χ1n) is 4.68. The molecule has 0 amide bonds. The molecule has 0 spiro atoms. The van der Waals surface area contributed by atoms with Crippen molar-refractivity contribution in [1.82, 2.24) is 0 Å². The Morgan fingerprint density at radius 3 is 2.57 bits per heavy atom. The number of hydrogen-bond acceptors (Lipinski definition) is 2. The predicted molar refractivity (Wildman–Crippen MR) is 51.6 cm³/mol. The third kappa shape index (κ3) is 1.77. The van der Waals surface area contributed by atoms with Gasteiger partial charge in [-0.25, -0.2) is 4.79 Å². The molecule has 0 aliphatic carbocycles. The predicted octanol–water partition coefficient (Wildman–Crippen LogP) is 1.89. The van der Waals surface area contributed by atoms with E-state index in [0.29, 0.717) is 11.5 Å². The lowest BCUT2D eigenvalue weighted by Gasteiger charge is -2.07. The summed E-state index contributed by atoms with van der Waals surface area (Å²) in [6, 6.07) is 7.05. The zero-order chi connectivity index (χ0) is 9.97. The third-order valence-corrected chi connectivity index (χ3v) is 2.56. The van der Waals surface area contributed by atoms with Crippen molar-refractivity contribution in [3.8, 4) is 0 Å². The van der Waals surface area contributed by atoms with Crippen molar-refractivity contribution >= 4 is 5.97 Å². The fraction of sp³-hybridized carbons (Fsp3) is 0.364. The number of carboxylic acid groups (broad SMARTS) is 1. The Morgan fingerprint density at radius 1 is 1.36 bits per heavy atom. The first-order valence-corrected chi connectivity index (χ1v) is 4.68. The van der Waals surface area contributed by atoms with Crippen molar-refractivity contribution in [3.05, 3.63) is 35.4 Å². The second-order valence-electron chi connectivity index (χ2n) is 3.49. The summed E-state index contributed by atoms with van der Waals surface area (Å²) in [7, 11) is 0. The topological polar surface area (TPSA) is 46.5 Å². The van der Waals surface area contributed by atoms with Gasteiger partial charge in [-0.1, -0.05) is 12.1 Å². The molecule has 1 aliphatic rings. The summed E-state index contributed by atoms with van der Waals surface area (Å²) >= 11 is 0. The third-order valence-electron chi connectivity index (χ3n) is 2.56. The van der Waals surface area contributed by atoms with E-state index in [9.17, 15) is 4.79 Å². The molecule has 3 heteroatoms. The fourth-order valence-corrected chi connectivity index (χ4v) is 1.70. The van der Waals surface area contributed by atoms with E-state index in [0.717, 1.165) is 19.6 Å². The molecule has 0 bridgehead atoms. The zero-order valence-corrected chi connectivity index (χ0v) is 7.77. The van der Waals surface area contributed by atoms with Crippen molar-refractivity contribution in [3.63, 3.8) is 0 Å². The molecule has 1 atom stereocenters. The van der Waals surface area contributed by atoms with E-state index in [4.69, 9.17) is 9.84 Å². The van der Waals surface area contributed by atoms with Crippen LogP contribution < -0.4 is 0 Å². The Kier molecular flexibility index (Phi) is 2.50. The standard InChI is InChI=1S/C11H12O3/c12-11(13)9-3-1-8(2-4-9)10-5-6-14-7-10/h1-4,10H,5-7H2,(H,12,13)/t10-/m0/s1. The van der Waals surface area contributed by atoms with E-state index in [2.05, 4.69) is 0 Å². The maximum absolute atomic E-state index is 10.6. The van der Waals surface area contributed by atoms with Gasteiger partial charge in [0.25, 0.3) is 0 Å². The van der Waals surface area contributed by atoms with Crippen molar-refractivity contribution < 1.29 is 14.6 Å². The lowest BCUT2D eigenvalue weighted by molar-refractivity contribution is 0.0697. The van der Waals surface area contributed by atoms with Gasteiger partial charge in [-0.2, -0.15) is 0 Å². The number of ether oxygens (including phenoxy) is 1. The molecule has 0 saturated carbocycles. The second-order valence-corrected chi connectivity index (χ2v) is 3.49. The van der Waals surface area contributed by atoms with Gasteiger partial charge in [-0.15, -0.1) is 0 Å². The highest BCUT2D eigenvalue weighted by Gasteiger charge is 2.17. The average Bonchev–Trinajstić information content (AvgIpc) is 2.71. The SMILES string of the molecule is O=C(O)c1ccc([C@H]2CCOC2)cc1. The summed E-state index contributed by atoms with van der Waals surface area (Å²) in [5.41, 5.74) is 1.51. The molecule has 2 rings (SSSR count). The Balaban J connectivity index is 2.16. The van der Waals surface area contributed by atoms with E-state index in [1.165, 1.54) is 5.56 Å². The Bertz CT molecular complexity index is 323. The molecule has 1 aromatic rings. The van der Waals surface area contributed by atoms with Gasteiger partial charge in [0.2, 0.25) is 0 Å². The summed E-state index contributed by atoms with van der Waals surface area (Å²) in [6.45, 7) is 1.57. The molecular formula is C11H12O3. The highest BCUT2D eigenvalue weighted by molar-refractivity contribution is 5.87. The average molecular weight is 192 g/mol. The van der Waals surface area contributed by atoms with Crippen LogP contribution in [0.25, 0.3) is 0 Å². The summed E-state index contributed by atoms with van der Waals surface area (Å²) in [6.07, 6.45) is 1.03. The number of hydrogen-bond donors (Lipinski definition) is 1. The van der Waals surface area contributed by atoms with Gasteiger partial charge < -0.3 is 9.84 Å². The maximum Gasteiger partial charge on any atom is 0.335 e. The summed E-state index contributed by atoms with van der Waals surface area (Å²) < 4.78 is 5.27. The molecule has 1 aromatic carbocycles. The van der Waals surface area contributed by atoms with E-state index < -0.39 is 5.97 Å². The largest absolute Gasteiger partial charge is 0.478 e. The highest BCUT2D eigenvalue weighted by Crippen LogP contribution is 2.25. The van der Waals surface area contributed by atoms with Crippen LogP contribution in [-0.2, 0) is 4.74 Å². The number of carbonyl (C=O) groups is 1. The molecular weight excluding hydrogens is 180 g/mol. The minimum Gasteiger partial charge on any atom is -0.478 e. The fourth-order valence-electron chi connectivity index (χ4n) is 1.70. The van der Waals surface area contributed by atoms with Gasteiger partial charge in [-0.3, -0.25) is 0 Å². The quantitative estimate of drug-likeness (QED) is 0.778. The minimum absolute atomic E-state index is 0.340. The molecule has 1 saturated heterocycles. The van der Waals surface area contributed by atoms with Crippen LogP contribution in [0.1, 0.15) is 28.3 Å². The van der Waals surface area contributed by atoms with E-state index in [1.54, 1.807) is 12.1 Å². The summed E-state index contributed by atoms with van der Waals surface area (Å²) in [5, 5.41) is 8.72. The van der Waals surface area contributed by atoms with Crippen molar-refractivity contribution in [2.75, 3.05) is 13.2 Å². The maximum atomic E-state index is 10.6. The zero-order valence-electron chi connectivity index (χ0n) is 7.77. The molecule has 0 unspecified atom stereocenters. The van der Waals surface area contributed by atoms with Crippen LogP contribution >= 0.6 is 0 Å². The van der Waals surface area contributed by atoms with Gasteiger partial charge >= 0.3 is 5.97 Å². The molecule has 1 aliphatic heterocycles. The monoisotopic (exact) mass is 192 g/mol. The lowest BCUT2D eigenvalue weighted by Crippen LogP contribution is -2.00. The van der Waals surface area contributed by atoms with E-state index in [1.807, 2.05) is 12.1 Å². The molecule has 3 nitrogen and oxygen atoms in total. The summed E-state index contributed by atoms with van der Waals surface area (Å²) in [4.78, 5) is 10.6. The molecule has 0 aromatic heterocycles. The van der Waals surface area contributed by atoms with Crippen LogP contribution in [0.3, 0.4) is 0 Å².